The van der Waals surface area contributed by atoms with Gasteiger partial charge in [-0.05, 0) is 62.9 Å². The van der Waals surface area contributed by atoms with Crippen LogP contribution in [0.15, 0.2) is 24.3 Å². The Morgan fingerprint density at radius 1 is 1.22 bits per heavy atom. The number of nitrogens with two attached hydrogens (primary N) is 1. The number of rotatable bonds is 5. The standard InChI is InChI=1S/C20H31N3/c1-14(2)13-23-10-8-16(9-11-23)18(12-21)20-15(3)22-19-7-5-4-6-17(19)20/h4-7,14,16,18,22H,8-13,21H2,1-3H3. The number of fused-ring (bicyclic) bond motifs is 1. The van der Waals surface area contributed by atoms with Gasteiger partial charge in [0.15, 0.2) is 0 Å². The van der Waals surface area contributed by atoms with Gasteiger partial charge < -0.3 is 15.6 Å². The molecule has 126 valence electrons. The summed E-state index contributed by atoms with van der Waals surface area (Å²) in [7, 11) is 0. The maximum atomic E-state index is 6.24. The number of hydrogen-bond donors (Lipinski definition) is 2. The van der Waals surface area contributed by atoms with E-state index in [-0.39, 0.29) is 0 Å². The number of aromatic nitrogens is 1. The molecular weight excluding hydrogens is 282 g/mol. The average Bonchev–Trinajstić information content (AvgIpc) is 2.86. The normalized spacial score (nSPS) is 18.8. The molecule has 1 aromatic heterocycles. The van der Waals surface area contributed by atoms with Crippen LogP contribution in [-0.4, -0.2) is 36.1 Å². The zero-order chi connectivity index (χ0) is 16.4. The lowest BCUT2D eigenvalue weighted by Gasteiger charge is -2.36. The summed E-state index contributed by atoms with van der Waals surface area (Å²) in [5.74, 6) is 1.95. The van der Waals surface area contributed by atoms with Gasteiger partial charge in [0.25, 0.3) is 0 Å². The van der Waals surface area contributed by atoms with Crippen LogP contribution in [-0.2, 0) is 0 Å². The van der Waals surface area contributed by atoms with Gasteiger partial charge in [-0.15, -0.1) is 0 Å². The molecule has 1 fully saturated rings. The summed E-state index contributed by atoms with van der Waals surface area (Å²) in [6.07, 6.45) is 2.54. The van der Waals surface area contributed by atoms with Crippen molar-refractivity contribution < 1.29 is 0 Å². The molecule has 1 saturated heterocycles. The molecule has 3 heteroatoms. The number of likely N-dealkylation sites (tertiary alicyclic amines) is 1. The maximum Gasteiger partial charge on any atom is 0.0458 e. The third-order valence-corrected chi connectivity index (χ3v) is 5.39. The number of piperidine rings is 1. The largest absolute Gasteiger partial charge is 0.358 e. The Morgan fingerprint density at radius 3 is 2.57 bits per heavy atom. The van der Waals surface area contributed by atoms with Crippen molar-refractivity contribution in [3.63, 3.8) is 0 Å². The topological polar surface area (TPSA) is 45.1 Å². The smallest absolute Gasteiger partial charge is 0.0458 e. The average molecular weight is 313 g/mol. The summed E-state index contributed by atoms with van der Waals surface area (Å²) in [5.41, 5.74) is 10.2. The second kappa shape index (κ2) is 7.06. The molecule has 1 aliphatic heterocycles. The molecule has 0 saturated carbocycles. The quantitative estimate of drug-likeness (QED) is 0.879. The molecule has 0 radical (unpaired) electrons. The first-order valence-corrected chi connectivity index (χ1v) is 9.09. The first kappa shape index (κ1) is 16.5. The zero-order valence-electron chi connectivity index (χ0n) is 14.8. The minimum atomic E-state index is 0.479. The molecule has 1 atom stereocenters. The second-order valence-electron chi connectivity index (χ2n) is 7.58. The van der Waals surface area contributed by atoms with Crippen molar-refractivity contribution in [2.24, 2.45) is 17.6 Å². The van der Waals surface area contributed by atoms with E-state index in [4.69, 9.17) is 5.73 Å². The lowest BCUT2D eigenvalue weighted by atomic mass is 9.79. The van der Waals surface area contributed by atoms with E-state index in [1.165, 1.54) is 54.6 Å². The fraction of sp³-hybridized carbons (Fsp3) is 0.600. The molecule has 3 rings (SSSR count). The molecule has 23 heavy (non-hydrogen) atoms. The lowest BCUT2D eigenvalue weighted by Crippen LogP contribution is -2.38. The van der Waals surface area contributed by atoms with E-state index in [0.29, 0.717) is 11.8 Å². The van der Waals surface area contributed by atoms with Crippen molar-refractivity contribution >= 4 is 10.9 Å². The zero-order valence-corrected chi connectivity index (χ0v) is 14.8. The summed E-state index contributed by atoms with van der Waals surface area (Å²) in [4.78, 5) is 6.17. The number of aryl methyl sites for hydroxylation is 1. The highest BCUT2D eigenvalue weighted by Gasteiger charge is 2.29. The Balaban J connectivity index is 1.79. The van der Waals surface area contributed by atoms with E-state index in [9.17, 15) is 0 Å². The predicted molar refractivity (Wildman–Crippen MR) is 98.8 cm³/mol. The van der Waals surface area contributed by atoms with E-state index >= 15 is 0 Å². The van der Waals surface area contributed by atoms with E-state index in [0.717, 1.165) is 12.5 Å². The number of aromatic amines is 1. The highest BCUT2D eigenvalue weighted by atomic mass is 15.1. The Bertz CT molecular complexity index is 635. The van der Waals surface area contributed by atoms with Crippen molar-refractivity contribution in [1.29, 1.82) is 0 Å². The summed E-state index contributed by atoms with van der Waals surface area (Å²) < 4.78 is 0. The SMILES string of the molecule is Cc1[nH]c2ccccc2c1C(CN)C1CCN(CC(C)C)CC1. The minimum Gasteiger partial charge on any atom is -0.358 e. The lowest BCUT2D eigenvalue weighted by molar-refractivity contribution is 0.155. The van der Waals surface area contributed by atoms with E-state index in [1.54, 1.807) is 0 Å². The van der Waals surface area contributed by atoms with Crippen LogP contribution in [0.25, 0.3) is 10.9 Å². The van der Waals surface area contributed by atoms with Gasteiger partial charge in [0.05, 0.1) is 0 Å². The molecule has 2 heterocycles. The Labute approximate surface area is 140 Å². The first-order chi connectivity index (χ1) is 11.1. The molecule has 0 spiro atoms. The Morgan fingerprint density at radius 2 is 1.91 bits per heavy atom. The number of nitrogens with one attached hydrogen (secondary N) is 1. The molecule has 3 nitrogen and oxygen atoms in total. The van der Waals surface area contributed by atoms with Gasteiger partial charge in [-0.25, -0.2) is 0 Å². The van der Waals surface area contributed by atoms with Crippen LogP contribution < -0.4 is 5.73 Å². The van der Waals surface area contributed by atoms with Crippen LogP contribution in [0.3, 0.4) is 0 Å². The Hall–Kier alpha value is -1.32. The first-order valence-electron chi connectivity index (χ1n) is 9.09. The van der Waals surface area contributed by atoms with Crippen LogP contribution in [0.1, 0.15) is 43.9 Å². The summed E-state index contributed by atoms with van der Waals surface area (Å²) in [5, 5.41) is 1.37. The van der Waals surface area contributed by atoms with Crippen LogP contribution in [0.4, 0.5) is 0 Å². The van der Waals surface area contributed by atoms with Crippen molar-refractivity contribution in [3.05, 3.63) is 35.5 Å². The van der Waals surface area contributed by atoms with Gasteiger partial charge in [0, 0.05) is 29.1 Å². The van der Waals surface area contributed by atoms with E-state index < -0.39 is 0 Å². The molecule has 0 amide bonds. The van der Waals surface area contributed by atoms with Crippen LogP contribution in [0, 0.1) is 18.8 Å². The van der Waals surface area contributed by atoms with Crippen LogP contribution in [0.5, 0.6) is 0 Å². The van der Waals surface area contributed by atoms with Gasteiger partial charge in [-0.1, -0.05) is 32.0 Å². The number of H-pyrrole nitrogens is 1. The van der Waals surface area contributed by atoms with Gasteiger partial charge in [0.2, 0.25) is 0 Å². The van der Waals surface area contributed by atoms with Crippen molar-refractivity contribution in [2.45, 2.75) is 39.5 Å². The number of nitrogens with zero attached hydrogens (tertiary/aromatic N) is 1. The molecule has 0 bridgehead atoms. The fourth-order valence-corrected chi connectivity index (χ4v) is 4.38. The van der Waals surface area contributed by atoms with Crippen molar-refractivity contribution in [1.82, 2.24) is 9.88 Å². The summed E-state index contributed by atoms with van der Waals surface area (Å²) in [6.45, 7) is 11.2. The highest BCUT2D eigenvalue weighted by Crippen LogP contribution is 2.37. The Kier molecular flexibility index (Phi) is 5.08. The molecule has 0 aliphatic carbocycles. The molecular formula is C20H31N3. The van der Waals surface area contributed by atoms with Gasteiger partial charge in [-0.3, -0.25) is 0 Å². The van der Waals surface area contributed by atoms with Crippen molar-refractivity contribution in [2.75, 3.05) is 26.2 Å². The number of hydrogen-bond acceptors (Lipinski definition) is 2. The maximum absolute atomic E-state index is 6.24. The van der Waals surface area contributed by atoms with E-state index in [2.05, 4.69) is 54.9 Å². The van der Waals surface area contributed by atoms with Gasteiger partial charge >= 0.3 is 0 Å². The fourth-order valence-electron chi connectivity index (χ4n) is 4.38. The molecule has 1 aromatic carbocycles. The van der Waals surface area contributed by atoms with Gasteiger partial charge in [-0.2, -0.15) is 0 Å². The van der Waals surface area contributed by atoms with Gasteiger partial charge in [0.1, 0.15) is 0 Å². The third-order valence-electron chi connectivity index (χ3n) is 5.39. The number of para-hydroxylation sites is 1. The predicted octanol–water partition coefficient (Wildman–Crippen LogP) is 3.89. The monoisotopic (exact) mass is 313 g/mol. The molecule has 2 aromatic rings. The van der Waals surface area contributed by atoms with E-state index in [1.807, 2.05) is 0 Å². The third kappa shape index (κ3) is 3.46. The molecule has 1 unspecified atom stereocenters. The summed E-state index contributed by atoms with van der Waals surface area (Å²) in [6, 6.07) is 8.65. The molecule has 3 N–H and O–H groups in total. The van der Waals surface area contributed by atoms with Crippen LogP contribution >= 0.6 is 0 Å². The molecule has 1 aliphatic rings. The van der Waals surface area contributed by atoms with Crippen LogP contribution in [0.2, 0.25) is 0 Å². The number of benzene rings is 1. The highest BCUT2D eigenvalue weighted by molar-refractivity contribution is 5.85. The second-order valence-corrected chi connectivity index (χ2v) is 7.58. The summed E-state index contributed by atoms with van der Waals surface area (Å²) >= 11 is 0. The minimum absolute atomic E-state index is 0.479. The van der Waals surface area contributed by atoms with Crippen molar-refractivity contribution in [3.8, 4) is 0 Å².